The first-order valence-electron chi connectivity index (χ1n) is 4.69. The molecule has 1 atom stereocenters. The lowest BCUT2D eigenvalue weighted by Gasteiger charge is -2.08. The van der Waals surface area contributed by atoms with Gasteiger partial charge in [0.05, 0.1) is 6.04 Å². The molecular formula is C9H17N3S. The van der Waals surface area contributed by atoms with Gasteiger partial charge in [-0.3, -0.25) is 0 Å². The molecule has 0 aromatic carbocycles. The van der Waals surface area contributed by atoms with Crippen LogP contribution in [0.3, 0.4) is 0 Å². The summed E-state index contributed by atoms with van der Waals surface area (Å²) >= 11 is 1.71. The van der Waals surface area contributed by atoms with Crippen molar-refractivity contribution in [3.05, 3.63) is 10.0 Å². The molecule has 3 nitrogen and oxygen atoms in total. The fourth-order valence-electron chi connectivity index (χ4n) is 1.12. The smallest absolute Gasteiger partial charge is 0.134 e. The minimum Gasteiger partial charge on any atom is -0.311 e. The van der Waals surface area contributed by atoms with E-state index < -0.39 is 0 Å². The van der Waals surface area contributed by atoms with Gasteiger partial charge in [-0.25, -0.2) is 0 Å². The molecule has 0 aliphatic rings. The Labute approximate surface area is 83.6 Å². The Morgan fingerprint density at radius 1 is 1.31 bits per heavy atom. The number of aromatic nitrogens is 2. The Morgan fingerprint density at radius 2 is 1.92 bits per heavy atom. The summed E-state index contributed by atoms with van der Waals surface area (Å²) in [4.78, 5) is 0. The molecule has 0 aliphatic carbocycles. The van der Waals surface area contributed by atoms with Gasteiger partial charge in [0, 0.05) is 5.92 Å². The van der Waals surface area contributed by atoms with E-state index in [4.69, 9.17) is 0 Å². The topological polar surface area (TPSA) is 37.8 Å². The summed E-state index contributed by atoms with van der Waals surface area (Å²) in [6, 6.07) is 0.366. The summed E-state index contributed by atoms with van der Waals surface area (Å²) < 4.78 is 0. The van der Waals surface area contributed by atoms with Crippen molar-refractivity contribution in [3.63, 3.8) is 0 Å². The molecule has 0 bridgehead atoms. The lowest BCUT2D eigenvalue weighted by molar-refractivity contribution is 0.568. The largest absolute Gasteiger partial charge is 0.311 e. The lowest BCUT2D eigenvalue weighted by Crippen LogP contribution is -2.14. The fourth-order valence-corrected chi connectivity index (χ4v) is 2.16. The van der Waals surface area contributed by atoms with Gasteiger partial charge in [0.1, 0.15) is 10.0 Å². The first kappa shape index (κ1) is 10.6. The molecule has 0 radical (unpaired) electrons. The number of hydrogen-bond acceptors (Lipinski definition) is 4. The van der Waals surface area contributed by atoms with Gasteiger partial charge in [-0.15, -0.1) is 10.2 Å². The number of nitrogens with zero attached hydrogens (tertiary/aromatic N) is 2. The predicted molar refractivity (Wildman–Crippen MR) is 56.1 cm³/mol. The molecular weight excluding hydrogens is 182 g/mol. The van der Waals surface area contributed by atoms with Crippen molar-refractivity contribution >= 4 is 11.3 Å². The van der Waals surface area contributed by atoms with Crippen molar-refractivity contribution in [1.29, 1.82) is 0 Å². The SMILES string of the molecule is CCC(NC)c1nnc(C(C)C)s1. The first-order chi connectivity index (χ1) is 6.19. The van der Waals surface area contributed by atoms with Gasteiger partial charge < -0.3 is 5.32 Å². The highest BCUT2D eigenvalue weighted by atomic mass is 32.1. The van der Waals surface area contributed by atoms with Crippen LogP contribution in [0.25, 0.3) is 0 Å². The van der Waals surface area contributed by atoms with Crippen LogP contribution in [-0.4, -0.2) is 17.2 Å². The summed E-state index contributed by atoms with van der Waals surface area (Å²) in [6.45, 7) is 6.44. The molecule has 74 valence electrons. The van der Waals surface area contributed by atoms with Crippen LogP contribution in [0.15, 0.2) is 0 Å². The standard InChI is InChI=1S/C9H17N3S/c1-5-7(10-4)9-12-11-8(13-9)6(2)3/h6-7,10H,5H2,1-4H3. The molecule has 1 unspecified atom stereocenters. The van der Waals surface area contributed by atoms with Crippen LogP contribution in [0.5, 0.6) is 0 Å². The van der Waals surface area contributed by atoms with Crippen molar-refractivity contribution in [2.45, 2.75) is 39.2 Å². The second-order valence-electron chi connectivity index (χ2n) is 3.38. The molecule has 1 aromatic heterocycles. The van der Waals surface area contributed by atoms with Crippen LogP contribution in [0, 0.1) is 0 Å². The second-order valence-corrected chi connectivity index (χ2v) is 4.42. The molecule has 0 fully saturated rings. The molecule has 4 heteroatoms. The first-order valence-corrected chi connectivity index (χ1v) is 5.51. The predicted octanol–water partition coefficient (Wildman–Crippen LogP) is 2.33. The molecule has 1 heterocycles. The van der Waals surface area contributed by atoms with Gasteiger partial charge in [-0.05, 0) is 13.5 Å². The summed E-state index contributed by atoms with van der Waals surface area (Å²) in [5.74, 6) is 0.487. The minimum atomic E-state index is 0.366. The van der Waals surface area contributed by atoms with Gasteiger partial charge >= 0.3 is 0 Å². The van der Waals surface area contributed by atoms with E-state index in [0.717, 1.165) is 16.4 Å². The van der Waals surface area contributed by atoms with E-state index in [2.05, 4.69) is 36.3 Å². The molecule has 0 spiro atoms. The van der Waals surface area contributed by atoms with Crippen molar-refractivity contribution < 1.29 is 0 Å². The van der Waals surface area contributed by atoms with Crippen LogP contribution in [-0.2, 0) is 0 Å². The van der Waals surface area contributed by atoms with Crippen molar-refractivity contribution in [1.82, 2.24) is 15.5 Å². The molecule has 0 saturated carbocycles. The van der Waals surface area contributed by atoms with Gasteiger partial charge in [-0.1, -0.05) is 32.1 Å². The van der Waals surface area contributed by atoms with Crippen LogP contribution in [0.2, 0.25) is 0 Å². The van der Waals surface area contributed by atoms with E-state index >= 15 is 0 Å². The van der Waals surface area contributed by atoms with Gasteiger partial charge in [0.15, 0.2) is 0 Å². The molecule has 0 saturated heterocycles. The Bertz CT molecular complexity index is 253. The molecule has 0 aliphatic heterocycles. The maximum atomic E-state index is 4.19. The highest BCUT2D eigenvalue weighted by Gasteiger charge is 2.13. The maximum Gasteiger partial charge on any atom is 0.134 e. The zero-order valence-electron chi connectivity index (χ0n) is 8.66. The zero-order chi connectivity index (χ0) is 9.84. The second kappa shape index (κ2) is 4.67. The minimum absolute atomic E-state index is 0.366. The zero-order valence-corrected chi connectivity index (χ0v) is 9.48. The van der Waals surface area contributed by atoms with E-state index in [1.807, 2.05) is 7.05 Å². The van der Waals surface area contributed by atoms with Crippen LogP contribution < -0.4 is 5.32 Å². The van der Waals surface area contributed by atoms with E-state index in [1.165, 1.54) is 0 Å². The van der Waals surface area contributed by atoms with Crippen molar-refractivity contribution in [3.8, 4) is 0 Å². The van der Waals surface area contributed by atoms with Crippen molar-refractivity contribution in [2.75, 3.05) is 7.05 Å². The molecule has 1 aromatic rings. The Hall–Kier alpha value is -0.480. The normalized spacial score (nSPS) is 13.6. The van der Waals surface area contributed by atoms with Crippen LogP contribution in [0.1, 0.15) is 49.2 Å². The van der Waals surface area contributed by atoms with E-state index in [1.54, 1.807) is 11.3 Å². The highest BCUT2D eigenvalue weighted by Crippen LogP contribution is 2.24. The van der Waals surface area contributed by atoms with E-state index in [0.29, 0.717) is 12.0 Å². The van der Waals surface area contributed by atoms with Crippen molar-refractivity contribution in [2.24, 2.45) is 0 Å². The van der Waals surface area contributed by atoms with Gasteiger partial charge in [-0.2, -0.15) is 0 Å². The number of nitrogens with one attached hydrogen (secondary N) is 1. The highest BCUT2D eigenvalue weighted by molar-refractivity contribution is 7.11. The van der Waals surface area contributed by atoms with Crippen LogP contribution in [0.4, 0.5) is 0 Å². The number of rotatable bonds is 4. The number of hydrogen-bond donors (Lipinski definition) is 1. The summed E-state index contributed by atoms with van der Waals surface area (Å²) in [6.07, 6.45) is 1.06. The quantitative estimate of drug-likeness (QED) is 0.808. The Morgan fingerprint density at radius 3 is 2.31 bits per heavy atom. The van der Waals surface area contributed by atoms with Crippen LogP contribution >= 0.6 is 11.3 Å². The van der Waals surface area contributed by atoms with Gasteiger partial charge in [0.25, 0.3) is 0 Å². The molecule has 1 N–H and O–H groups in total. The van der Waals surface area contributed by atoms with E-state index in [-0.39, 0.29) is 0 Å². The monoisotopic (exact) mass is 199 g/mol. The van der Waals surface area contributed by atoms with E-state index in [9.17, 15) is 0 Å². The third-order valence-corrected chi connectivity index (χ3v) is 3.34. The third-order valence-electron chi connectivity index (χ3n) is 2.00. The summed E-state index contributed by atoms with van der Waals surface area (Å²) in [5, 5.41) is 13.8. The Balaban J connectivity index is 2.78. The molecule has 1 rings (SSSR count). The molecule has 13 heavy (non-hydrogen) atoms. The average molecular weight is 199 g/mol. The molecule has 0 amide bonds. The lowest BCUT2D eigenvalue weighted by atomic mass is 10.2. The third kappa shape index (κ3) is 2.48. The average Bonchev–Trinajstić information content (AvgIpc) is 2.56. The Kier molecular flexibility index (Phi) is 3.81. The van der Waals surface area contributed by atoms with Gasteiger partial charge in [0.2, 0.25) is 0 Å². The maximum absolute atomic E-state index is 4.19. The fraction of sp³-hybridized carbons (Fsp3) is 0.778. The summed E-state index contributed by atoms with van der Waals surface area (Å²) in [5.41, 5.74) is 0. The summed E-state index contributed by atoms with van der Waals surface area (Å²) in [7, 11) is 1.96.